The van der Waals surface area contributed by atoms with Crippen LogP contribution < -0.4 is 0 Å². The minimum atomic E-state index is -0.552. The highest BCUT2D eigenvalue weighted by atomic mass is 16.7. The van der Waals surface area contributed by atoms with E-state index in [0.717, 1.165) is 12.8 Å². The van der Waals surface area contributed by atoms with Crippen molar-refractivity contribution in [2.24, 2.45) is 0 Å². The topological polar surface area (TPSA) is 69.7 Å². The van der Waals surface area contributed by atoms with E-state index in [-0.39, 0.29) is 6.15 Å². The average Bonchev–Trinajstić information content (AvgIpc) is 2.12. The lowest BCUT2D eigenvalue weighted by molar-refractivity contribution is -0.191. The van der Waals surface area contributed by atoms with E-state index in [1.807, 2.05) is 13.8 Å². The monoisotopic (exact) mass is 190 g/mol. The molecule has 0 N–H and O–H groups in total. The van der Waals surface area contributed by atoms with Crippen LogP contribution in [0.3, 0.4) is 0 Å². The van der Waals surface area contributed by atoms with Crippen LogP contribution in [-0.2, 0) is 19.1 Å². The van der Waals surface area contributed by atoms with E-state index in [4.69, 9.17) is 9.59 Å². The molecule has 0 saturated heterocycles. The molecule has 0 heterocycles. The Labute approximate surface area is 77.0 Å². The third-order valence-electron chi connectivity index (χ3n) is 0.848. The van der Waals surface area contributed by atoms with Crippen molar-refractivity contribution in [2.75, 3.05) is 13.2 Å². The van der Waals surface area contributed by atoms with Gasteiger partial charge in [-0.3, -0.25) is 0 Å². The van der Waals surface area contributed by atoms with Crippen molar-refractivity contribution < 1.29 is 23.9 Å². The van der Waals surface area contributed by atoms with Gasteiger partial charge in [0.1, 0.15) is 0 Å². The SMILES string of the molecule is CCCOC(=O)OCCC.O=C=O. The summed E-state index contributed by atoms with van der Waals surface area (Å²) < 4.78 is 9.26. The Kier molecular flexibility index (Phi) is 14.5. The Balaban J connectivity index is 0. The molecule has 0 aliphatic rings. The normalized spacial score (nSPS) is 7.54. The van der Waals surface area contributed by atoms with E-state index in [2.05, 4.69) is 9.47 Å². The fraction of sp³-hybridized carbons (Fsp3) is 0.750. The van der Waals surface area contributed by atoms with Gasteiger partial charge in [0.05, 0.1) is 13.2 Å². The maximum atomic E-state index is 10.5. The summed E-state index contributed by atoms with van der Waals surface area (Å²) in [5, 5.41) is 0. The van der Waals surface area contributed by atoms with Crippen LogP contribution in [0.15, 0.2) is 0 Å². The molecule has 5 heteroatoms. The van der Waals surface area contributed by atoms with Crippen molar-refractivity contribution in [1.82, 2.24) is 0 Å². The van der Waals surface area contributed by atoms with Gasteiger partial charge in [-0.05, 0) is 12.8 Å². The molecule has 0 bridgehead atoms. The van der Waals surface area contributed by atoms with Gasteiger partial charge in [-0.15, -0.1) is 0 Å². The van der Waals surface area contributed by atoms with E-state index in [0.29, 0.717) is 13.2 Å². The van der Waals surface area contributed by atoms with Crippen LogP contribution in [-0.4, -0.2) is 25.5 Å². The first-order valence-corrected chi connectivity index (χ1v) is 4.01. The minimum absolute atomic E-state index is 0.250. The third-order valence-corrected chi connectivity index (χ3v) is 0.848. The van der Waals surface area contributed by atoms with Crippen LogP contribution in [0.4, 0.5) is 4.79 Å². The maximum Gasteiger partial charge on any atom is 0.508 e. The van der Waals surface area contributed by atoms with Gasteiger partial charge in [0.25, 0.3) is 0 Å². The standard InChI is InChI=1S/C7H14O3.CO2/c1-3-5-9-7(8)10-6-4-2;2-1-3/h3-6H2,1-2H3;. The molecule has 0 saturated carbocycles. The second-order valence-electron chi connectivity index (χ2n) is 2.03. The summed E-state index contributed by atoms with van der Waals surface area (Å²) >= 11 is 0. The lowest BCUT2D eigenvalue weighted by atomic mass is 10.5. The minimum Gasteiger partial charge on any atom is -0.434 e. The van der Waals surface area contributed by atoms with Crippen molar-refractivity contribution in [3.8, 4) is 0 Å². The number of hydrogen-bond acceptors (Lipinski definition) is 5. The molecule has 76 valence electrons. The highest BCUT2D eigenvalue weighted by Crippen LogP contribution is 1.88. The highest BCUT2D eigenvalue weighted by Gasteiger charge is 1.99. The van der Waals surface area contributed by atoms with Gasteiger partial charge in [0, 0.05) is 0 Å². The van der Waals surface area contributed by atoms with Crippen LogP contribution in [0.5, 0.6) is 0 Å². The Morgan fingerprint density at radius 3 is 1.62 bits per heavy atom. The molecule has 0 aliphatic heterocycles. The molecule has 0 unspecified atom stereocenters. The van der Waals surface area contributed by atoms with Crippen molar-refractivity contribution in [2.45, 2.75) is 26.7 Å². The molecule has 0 aromatic rings. The molecular formula is C8H14O5. The molecular weight excluding hydrogens is 176 g/mol. The zero-order valence-corrected chi connectivity index (χ0v) is 7.87. The summed E-state index contributed by atoms with van der Waals surface area (Å²) in [6, 6.07) is 0. The van der Waals surface area contributed by atoms with E-state index in [1.165, 1.54) is 0 Å². The smallest absolute Gasteiger partial charge is 0.434 e. The Bertz CT molecular complexity index is 139. The molecule has 13 heavy (non-hydrogen) atoms. The van der Waals surface area contributed by atoms with Gasteiger partial charge >= 0.3 is 12.3 Å². The van der Waals surface area contributed by atoms with E-state index in [9.17, 15) is 4.79 Å². The fourth-order valence-corrected chi connectivity index (χ4v) is 0.412. The van der Waals surface area contributed by atoms with Crippen molar-refractivity contribution in [3.05, 3.63) is 0 Å². The maximum absolute atomic E-state index is 10.5. The summed E-state index contributed by atoms with van der Waals surface area (Å²) in [6.45, 7) is 4.77. The van der Waals surface area contributed by atoms with Gasteiger partial charge in [-0.25, -0.2) is 4.79 Å². The number of ether oxygens (including phenoxy) is 2. The Hall–Kier alpha value is -1.35. The molecule has 0 spiro atoms. The number of carbonyl (C=O) groups excluding carboxylic acids is 3. The van der Waals surface area contributed by atoms with Crippen molar-refractivity contribution in [3.63, 3.8) is 0 Å². The van der Waals surface area contributed by atoms with Gasteiger partial charge in [-0.1, -0.05) is 13.8 Å². The molecule has 0 aliphatic carbocycles. The van der Waals surface area contributed by atoms with Gasteiger partial charge in [0.2, 0.25) is 0 Å². The molecule has 0 amide bonds. The quantitative estimate of drug-likeness (QED) is 0.626. The molecule has 0 fully saturated rings. The summed E-state index contributed by atoms with van der Waals surface area (Å²) in [6.07, 6.45) is 1.37. The predicted molar refractivity (Wildman–Crippen MR) is 42.9 cm³/mol. The second-order valence-corrected chi connectivity index (χ2v) is 2.03. The van der Waals surface area contributed by atoms with Crippen molar-refractivity contribution >= 4 is 12.3 Å². The summed E-state index contributed by atoms with van der Waals surface area (Å²) in [4.78, 5) is 26.8. The number of carbonyl (C=O) groups is 1. The average molecular weight is 190 g/mol. The first-order valence-electron chi connectivity index (χ1n) is 4.01. The van der Waals surface area contributed by atoms with Gasteiger partial charge in [0.15, 0.2) is 0 Å². The van der Waals surface area contributed by atoms with Crippen LogP contribution in [0.1, 0.15) is 26.7 Å². The van der Waals surface area contributed by atoms with Crippen LogP contribution in [0, 0.1) is 0 Å². The fourth-order valence-electron chi connectivity index (χ4n) is 0.412. The zero-order valence-electron chi connectivity index (χ0n) is 7.87. The third kappa shape index (κ3) is 18.0. The molecule has 0 aromatic heterocycles. The molecule has 0 atom stereocenters. The first-order chi connectivity index (χ1) is 6.22. The summed E-state index contributed by atoms with van der Waals surface area (Å²) in [5.74, 6) is 0. The lowest BCUT2D eigenvalue weighted by Crippen LogP contribution is -2.08. The van der Waals surface area contributed by atoms with Crippen LogP contribution in [0.2, 0.25) is 0 Å². The Morgan fingerprint density at radius 1 is 1.08 bits per heavy atom. The number of rotatable bonds is 4. The van der Waals surface area contributed by atoms with Gasteiger partial charge < -0.3 is 9.47 Å². The van der Waals surface area contributed by atoms with Gasteiger partial charge in [-0.2, -0.15) is 9.59 Å². The van der Waals surface area contributed by atoms with E-state index >= 15 is 0 Å². The summed E-state index contributed by atoms with van der Waals surface area (Å²) in [7, 11) is 0. The summed E-state index contributed by atoms with van der Waals surface area (Å²) in [5.41, 5.74) is 0. The van der Waals surface area contributed by atoms with Crippen molar-refractivity contribution in [1.29, 1.82) is 0 Å². The largest absolute Gasteiger partial charge is 0.508 e. The second kappa shape index (κ2) is 13.3. The van der Waals surface area contributed by atoms with Crippen LogP contribution >= 0.6 is 0 Å². The zero-order chi connectivity index (χ0) is 10.5. The lowest BCUT2D eigenvalue weighted by Gasteiger charge is -2.02. The molecule has 0 aromatic carbocycles. The van der Waals surface area contributed by atoms with Crippen LogP contribution in [0.25, 0.3) is 0 Å². The van der Waals surface area contributed by atoms with E-state index < -0.39 is 6.16 Å². The highest BCUT2D eigenvalue weighted by molar-refractivity contribution is 5.59. The first kappa shape index (κ1) is 14.2. The molecule has 0 radical (unpaired) electrons. The molecule has 0 rings (SSSR count). The number of hydrogen-bond donors (Lipinski definition) is 0. The predicted octanol–water partition coefficient (Wildman–Crippen LogP) is 1.38. The Morgan fingerprint density at radius 2 is 1.38 bits per heavy atom. The molecule has 5 nitrogen and oxygen atoms in total. The van der Waals surface area contributed by atoms with E-state index in [1.54, 1.807) is 0 Å².